The Kier molecular flexibility index (Phi) is 31.7. The van der Waals surface area contributed by atoms with E-state index in [1.807, 2.05) is 22.7 Å². The normalized spacial score (nSPS) is 12.4. The summed E-state index contributed by atoms with van der Waals surface area (Å²) >= 11 is 8.23. The van der Waals surface area contributed by atoms with Gasteiger partial charge in [-0.2, -0.15) is 0 Å². The van der Waals surface area contributed by atoms with E-state index in [1.165, 1.54) is 206 Å². The smallest absolute Gasteiger partial charge is 0.0433 e. The molecular formula is C113H158S4. The van der Waals surface area contributed by atoms with E-state index in [0.29, 0.717) is 21.7 Å². The molecule has 4 heterocycles. The molecule has 10 aromatic carbocycles. The van der Waals surface area contributed by atoms with Gasteiger partial charge in [0.2, 0.25) is 0 Å². The summed E-state index contributed by atoms with van der Waals surface area (Å²) in [5, 5.41) is 22.8. The molecule has 4 heteroatoms. The van der Waals surface area contributed by atoms with Crippen LogP contribution in [0.3, 0.4) is 0 Å². The van der Waals surface area contributed by atoms with E-state index in [-0.39, 0.29) is 21.7 Å². The molecule has 634 valence electrons. The predicted octanol–water partition coefficient (Wildman–Crippen LogP) is 38.8. The standard InChI is InChI=1S/C29H44S2.C28H36S2.C20H16.C16H14.4C5H12/c1-11-12-13-14-15-16-17-21-23-20(4)27(29(8,9)10)30-24(23)18(2)22-19(3)26(28(5,6)7)31-25(21)22;1-13-15(3)21-22(23-19(13)17(5)25(29-23)27(7,8)9)16(4)14(2)20-18(6)26(28(10,11)12)30-24(20)21;1-13-17-9-5-3-7-15(17)12-20-14(2)18-10-6-4-8-16(18)11-19(13)20;1-11-13-7-3-5-9-15(13)12(2)16-10-6-4-8-14(11)16;4*1-5(2,3)4/h11-17H2,1-10H3;1-12H3;3-12H,1-2H3;3-10H,1-2H3;4*1-4H3. The third-order valence-electron chi connectivity index (χ3n) is 21.6. The first-order valence-corrected chi connectivity index (χ1v) is 47.4. The van der Waals surface area contributed by atoms with E-state index in [4.69, 9.17) is 0 Å². The Hall–Kier alpha value is -6.40. The fraction of sp³-hybridized carbons (Fsp3) is 0.504. The molecule has 0 nitrogen and oxygen atoms in total. The summed E-state index contributed by atoms with van der Waals surface area (Å²) in [6, 6.07) is 39.3. The summed E-state index contributed by atoms with van der Waals surface area (Å²) in [6.07, 6.45) is 9.40. The maximum atomic E-state index is 2.39. The van der Waals surface area contributed by atoms with Crippen molar-refractivity contribution in [1.82, 2.24) is 0 Å². The minimum atomic E-state index is 0.173. The molecule has 0 unspecified atom stereocenters. The molecule has 117 heavy (non-hydrogen) atoms. The van der Waals surface area contributed by atoms with Gasteiger partial charge in [0.25, 0.3) is 0 Å². The van der Waals surface area contributed by atoms with Crippen LogP contribution in [0, 0.1) is 112 Å². The highest BCUT2D eigenvalue weighted by molar-refractivity contribution is 7.22. The summed E-state index contributed by atoms with van der Waals surface area (Å²) < 4.78 is 6.14. The highest BCUT2D eigenvalue weighted by Crippen LogP contribution is 2.53. The first-order chi connectivity index (χ1) is 53.6. The Morgan fingerprint density at radius 1 is 0.214 bits per heavy atom. The van der Waals surface area contributed by atoms with Crippen LogP contribution in [0.4, 0.5) is 0 Å². The number of thiophene rings is 4. The van der Waals surface area contributed by atoms with Gasteiger partial charge >= 0.3 is 0 Å². The first kappa shape index (κ1) is 97.7. The SMILES string of the molecule is CC(C)(C)C.CC(C)(C)C.CC(C)(C)C.CC(C)(C)C.CCCCCCCCc1c2sc(C(C)(C)C)c(C)c2c(C)c2sc(C(C)(C)C)c(C)c12.Cc1c(C(C)(C)C)sc2c1c(C)c(C)c1c3sc(C(C)(C)C)c(C)c3c(C)c(C)c21.Cc1c2ccccc2c(C)c2ccccc12.Cc1c2ccccc2cc2c(C)c3ccccc3cc12. The van der Waals surface area contributed by atoms with Gasteiger partial charge in [0.1, 0.15) is 0 Å². The molecule has 14 aromatic rings. The molecule has 0 aliphatic carbocycles. The van der Waals surface area contributed by atoms with Crippen molar-refractivity contribution >= 4 is 150 Å². The molecule has 14 rings (SSSR count). The molecule has 0 bridgehead atoms. The zero-order valence-corrected chi connectivity index (χ0v) is 85.2. The third-order valence-corrected chi connectivity index (χ3v) is 28.7. The minimum Gasteiger partial charge on any atom is -0.139 e. The van der Waals surface area contributed by atoms with Crippen molar-refractivity contribution in [2.45, 2.75) is 357 Å². The van der Waals surface area contributed by atoms with Gasteiger partial charge in [-0.3, -0.25) is 0 Å². The van der Waals surface area contributed by atoms with Crippen molar-refractivity contribution in [3.8, 4) is 0 Å². The van der Waals surface area contributed by atoms with Crippen LogP contribution >= 0.6 is 45.3 Å². The number of hydrogen-bond acceptors (Lipinski definition) is 4. The second-order valence-corrected chi connectivity index (χ2v) is 48.9. The molecule has 0 atom stereocenters. The molecule has 0 aliphatic rings. The lowest BCUT2D eigenvalue weighted by molar-refractivity contribution is 0.469. The Morgan fingerprint density at radius 3 is 0.744 bits per heavy atom. The number of hydrogen-bond donors (Lipinski definition) is 0. The molecule has 0 radical (unpaired) electrons. The molecule has 0 saturated carbocycles. The summed E-state index contributed by atoms with van der Waals surface area (Å²) in [4.78, 5) is 6.20. The van der Waals surface area contributed by atoms with E-state index in [0.717, 1.165) is 0 Å². The van der Waals surface area contributed by atoms with Crippen LogP contribution in [0.5, 0.6) is 0 Å². The van der Waals surface area contributed by atoms with Crippen LogP contribution in [-0.4, -0.2) is 0 Å². The molecule has 0 spiro atoms. The van der Waals surface area contributed by atoms with Crippen molar-refractivity contribution in [2.24, 2.45) is 21.7 Å². The average molecular weight is 1640 g/mol. The number of unbranched alkanes of at least 4 members (excludes halogenated alkanes) is 5. The van der Waals surface area contributed by atoms with Crippen LogP contribution in [-0.2, 0) is 28.1 Å². The highest BCUT2D eigenvalue weighted by Gasteiger charge is 2.32. The van der Waals surface area contributed by atoms with Gasteiger partial charge in [0.05, 0.1) is 0 Å². The van der Waals surface area contributed by atoms with Gasteiger partial charge in [-0.1, -0.05) is 330 Å². The third kappa shape index (κ3) is 24.1. The van der Waals surface area contributed by atoms with Crippen molar-refractivity contribution in [1.29, 1.82) is 0 Å². The molecular weight excluding hydrogens is 1490 g/mol. The summed E-state index contributed by atoms with van der Waals surface area (Å²) in [5.41, 5.74) is 23.4. The van der Waals surface area contributed by atoms with E-state index in [2.05, 4.69) is 423 Å². The van der Waals surface area contributed by atoms with E-state index < -0.39 is 0 Å². The van der Waals surface area contributed by atoms with Crippen molar-refractivity contribution in [3.63, 3.8) is 0 Å². The maximum Gasteiger partial charge on any atom is 0.0433 e. The number of rotatable bonds is 7. The molecule has 0 fully saturated rings. The average Bonchev–Trinajstić information content (AvgIpc) is 1.57. The fourth-order valence-electron chi connectivity index (χ4n) is 16.6. The summed E-state index contributed by atoms with van der Waals surface area (Å²) in [6.45, 7) is 95.8. The second-order valence-electron chi connectivity index (χ2n) is 44.8. The van der Waals surface area contributed by atoms with Crippen LogP contribution in [0.15, 0.2) is 109 Å². The van der Waals surface area contributed by atoms with E-state index >= 15 is 0 Å². The lowest BCUT2D eigenvalue weighted by atomic mass is 9.86. The molecule has 0 aliphatic heterocycles. The van der Waals surface area contributed by atoms with Gasteiger partial charge in [-0.05, 0) is 301 Å². The summed E-state index contributed by atoms with van der Waals surface area (Å²) in [5.74, 6) is 0. The van der Waals surface area contributed by atoms with Crippen LogP contribution in [0.2, 0.25) is 0 Å². The van der Waals surface area contributed by atoms with E-state index in [1.54, 1.807) is 41.1 Å². The van der Waals surface area contributed by atoms with Crippen LogP contribution < -0.4 is 0 Å². The molecule has 0 N–H and O–H groups in total. The Bertz CT molecular complexity index is 5420. The second kappa shape index (κ2) is 37.9. The lowest BCUT2D eigenvalue weighted by Crippen LogP contribution is -2.10. The topological polar surface area (TPSA) is 0 Å². The Morgan fingerprint density at radius 2 is 0.444 bits per heavy atom. The Balaban J connectivity index is 0.000000203. The molecule has 0 saturated heterocycles. The van der Waals surface area contributed by atoms with Crippen molar-refractivity contribution in [3.05, 3.63) is 207 Å². The quantitative estimate of drug-likeness (QED) is 0.110. The fourth-order valence-corrected chi connectivity index (χ4v) is 22.5. The van der Waals surface area contributed by atoms with Gasteiger partial charge in [0, 0.05) is 59.9 Å². The number of benzene rings is 10. The molecule has 0 amide bonds. The molecule has 4 aromatic heterocycles. The maximum absolute atomic E-state index is 2.39. The van der Waals surface area contributed by atoms with Crippen LogP contribution in [0.1, 0.15) is 337 Å². The monoisotopic (exact) mass is 1640 g/mol. The minimum absolute atomic E-state index is 0.173. The highest BCUT2D eigenvalue weighted by atomic mass is 32.1. The van der Waals surface area contributed by atoms with Gasteiger partial charge in [-0.15, -0.1) is 45.3 Å². The zero-order chi connectivity index (χ0) is 88.4. The number of fused-ring (bicyclic) bond motifs is 12. The largest absolute Gasteiger partial charge is 0.139 e. The lowest BCUT2D eigenvalue weighted by Gasteiger charge is -2.18. The summed E-state index contributed by atoms with van der Waals surface area (Å²) in [7, 11) is 0. The van der Waals surface area contributed by atoms with E-state index in [9.17, 15) is 0 Å². The number of aryl methyl sites for hydroxylation is 14. The zero-order valence-electron chi connectivity index (χ0n) is 82.0. The van der Waals surface area contributed by atoms with Crippen molar-refractivity contribution in [2.75, 3.05) is 0 Å². The van der Waals surface area contributed by atoms with Gasteiger partial charge in [0.15, 0.2) is 0 Å². The van der Waals surface area contributed by atoms with Gasteiger partial charge in [-0.25, -0.2) is 0 Å². The van der Waals surface area contributed by atoms with Crippen LogP contribution in [0.25, 0.3) is 105 Å². The van der Waals surface area contributed by atoms with Crippen molar-refractivity contribution < 1.29 is 0 Å². The predicted molar refractivity (Wildman–Crippen MR) is 546 cm³/mol. The van der Waals surface area contributed by atoms with Gasteiger partial charge < -0.3 is 0 Å². The first-order valence-electron chi connectivity index (χ1n) is 44.2. The Labute approximate surface area is 730 Å².